The second kappa shape index (κ2) is 9.88. The lowest BCUT2D eigenvalue weighted by Crippen LogP contribution is -2.20. The first-order valence-corrected chi connectivity index (χ1v) is 11.2. The molecule has 2 unspecified atom stereocenters. The smallest absolute Gasteiger partial charge is 0.349 e. The van der Waals surface area contributed by atoms with Gasteiger partial charge in [-0.15, -0.1) is 5.48 Å². The Morgan fingerprint density at radius 2 is 1.69 bits per heavy atom. The van der Waals surface area contributed by atoms with E-state index in [0.29, 0.717) is 11.3 Å². The van der Waals surface area contributed by atoms with Gasteiger partial charge < -0.3 is 14.7 Å². The number of hydrogen-bond donors (Lipinski definition) is 2. The van der Waals surface area contributed by atoms with Crippen LogP contribution in [0.3, 0.4) is 0 Å². The Morgan fingerprint density at radius 3 is 2.31 bits per heavy atom. The quantitative estimate of drug-likeness (QED) is 0.449. The zero-order valence-corrected chi connectivity index (χ0v) is 18.5. The van der Waals surface area contributed by atoms with Crippen molar-refractivity contribution in [3.05, 3.63) is 94.5 Å². The summed E-state index contributed by atoms with van der Waals surface area (Å²) in [5.74, 6) is 0.384. The van der Waals surface area contributed by atoms with Gasteiger partial charge >= 0.3 is 5.97 Å². The van der Waals surface area contributed by atoms with Gasteiger partial charge in [0.15, 0.2) is 5.75 Å². The molecule has 0 aliphatic carbocycles. The van der Waals surface area contributed by atoms with Gasteiger partial charge in [0.05, 0.1) is 6.04 Å². The second-order valence-electron chi connectivity index (χ2n) is 8.07. The highest BCUT2D eigenvalue weighted by Gasteiger charge is 2.33. The number of carbonyl (C=O) groups is 1. The van der Waals surface area contributed by atoms with Gasteiger partial charge in [-0.05, 0) is 30.0 Å². The van der Waals surface area contributed by atoms with E-state index in [0.717, 1.165) is 53.7 Å². The van der Waals surface area contributed by atoms with E-state index >= 15 is 0 Å². The Hall–Kier alpha value is -3.31. The normalized spacial score (nSPS) is 15.6. The molecule has 32 heavy (non-hydrogen) atoms. The number of carboxylic acid groups (broad SMARTS) is 1. The van der Waals surface area contributed by atoms with Crippen LogP contribution in [0.1, 0.15) is 66.7 Å². The van der Waals surface area contributed by atoms with Crippen LogP contribution >= 0.6 is 0 Å². The molecule has 5 nitrogen and oxygen atoms in total. The average Bonchev–Trinajstić information content (AvgIpc) is 3.23. The molecule has 4 rings (SSSR count). The minimum Gasteiger partial charge on any atom is -0.478 e. The fourth-order valence-electron chi connectivity index (χ4n) is 4.28. The molecule has 1 heterocycles. The number of aryl methyl sites for hydroxylation is 1. The number of carboxylic acids is 1. The number of aliphatic carboxylic acids is 1. The summed E-state index contributed by atoms with van der Waals surface area (Å²) in [7, 11) is 0. The van der Waals surface area contributed by atoms with Crippen LogP contribution in [0.25, 0.3) is 0 Å². The number of nitrogens with one attached hydrogen (secondary N) is 1. The molecular weight excluding hydrogens is 402 g/mol. The summed E-state index contributed by atoms with van der Waals surface area (Å²) in [4.78, 5) is 18.1. The Balaban J connectivity index is 1.82. The van der Waals surface area contributed by atoms with Gasteiger partial charge in [0.25, 0.3) is 0 Å². The summed E-state index contributed by atoms with van der Waals surface area (Å²) in [6.07, 6.45) is 2.26. The predicted molar refractivity (Wildman–Crippen MR) is 124 cm³/mol. The maximum Gasteiger partial charge on any atom is 0.349 e. The highest BCUT2D eigenvalue weighted by Crippen LogP contribution is 2.45. The first-order chi connectivity index (χ1) is 15.6. The van der Waals surface area contributed by atoms with E-state index in [1.54, 1.807) is 12.1 Å². The molecule has 0 saturated heterocycles. The van der Waals surface area contributed by atoms with E-state index in [9.17, 15) is 9.90 Å². The highest BCUT2D eigenvalue weighted by atomic mass is 16.7. The number of hydrogen-bond acceptors (Lipinski definition) is 4. The fourth-order valence-corrected chi connectivity index (χ4v) is 4.28. The first-order valence-electron chi connectivity index (χ1n) is 11.2. The summed E-state index contributed by atoms with van der Waals surface area (Å²) in [6.45, 7) is 4.22. The van der Waals surface area contributed by atoms with Crippen LogP contribution in [-0.4, -0.2) is 11.1 Å². The molecule has 2 N–H and O–H groups in total. The number of ether oxygens (including phenoxy) is 1. The Bertz CT molecular complexity index is 1070. The monoisotopic (exact) mass is 431 g/mol. The molecule has 0 amide bonds. The lowest BCUT2D eigenvalue weighted by atomic mass is 9.91. The number of hydroxylamine groups is 1. The Morgan fingerprint density at radius 1 is 1.03 bits per heavy atom. The zero-order chi connectivity index (χ0) is 22.5. The van der Waals surface area contributed by atoms with Crippen LogP contribution < -0.4 is 15.1 Å². The van der Waals surface area contributed by atoms with Crippen molar-refractivity contribution >= 4 is 5.97 Å². The van der Waals surface area contributed by atoms with Crippen molar-refractivity contribution in [2.75, 3.05) is 0 Å². The lowest BCUT2D eigenvalue weighted by Gasteiger charge is -2.22. The minimum atomic E-state index is -1.08. The lowest BCUT2D eigenvalue weighted by molar-refractivity contribution is -0.145. The van der Waals surface area contributed by atoms with E-state index in [1.807, 2.05) is 36.4 Å². The van der Waals surface area contributed by atoms with Gasteiger partial charge in [0.1, 0.15) is 5.75 Å². The van der Waals surface area contributed by atoms with Crippen molar-refractivity contribution in [1.82, 2.24) is 5.48 Å². The summed E-state index contributed by atoms with van der Waals surface area (Å²) in [5, 5.41) is 9.95. The number of fused-ring (bicyclic) bond motifs is 1. The molecule has 0 fully saturated rings. The third kappa shape index (κ3) is 4.34. The van der Waals surface area contributed by atoms with E-state index in [-0.39, 0.29) is 6.04 Å². The molecule has 0 radical (unpaired) electrons. The zero-order valence-electron chi connectivity index (χ0n) is 18.5. The molecule has 2 atom stereocenters. The van der Waals surface area contributed by atoms with Crippen molar-refractivity contribution in [1.29, 1.82) is 0 Å². The second-order valence-corrected chi connectivity index (χ2v) is 8.07. The fraction of sp³-hybridized carbons (Fsp3) is 0.296. The van der Waals surface area contributed by atoms with Crippen LogP contribution in [0.15, 0.2) is 66.7 Å². The van der Waals surface area contributed by atoms with E-state index < -0.39 is 12.1 Å². The largest absolute Gasteiger partial charge is 0.478 e. The molecule has 1 aliphatic rings. The van der Waals surface area contributed by atoms with Gasteiger partial charge in [-0.1, -0.05) is 87.4 Å². The van der Waals surface area contributed by atoms with E-state index in [4.69, 9.17) is 9.57 Å². The van der Waals surface area contributed by atoms with Crippen LogP contribution in [0.4, 0.5) is 0 Å². The Kier molecular flexibility index (Phi) is 6.76. The summed E-state index contributed by atoms with van der Waals surface area (Å²) in [6, 6.07) is 21.3. The van der Waals surface area contributed by atoms with Crippen molar-refractivity contribution < 1.29 is 19.5 Å². The number of rotatable bonds is 9. The molecule has 5 heteroatoms. The third-order valence-electron chi connectivity index (χ3n) is 5.74. The summed E-state index contributed by atoms with van der Waals surface area (Å²) >= 11 is 0. The highest BCUT2D eigenvalue weighted by molar-refractivity contribution is 5.75. The predicted octanol–water partition coefficient (Wildman–Crippen LogP) is 5.78. The molecular formula is C27H29NO4. The molecule has 0 aromatic heterocycles. The topological polar surface area (TPSA) is 67.8 Å². The maximum atomic E-state index is 12.1. The van der Waals surface area contributed by atoms with E-state index in [1.165, 1.54) is 0 Å². The van der Waals surface area contributed by atoms with Crippen LogP contribution in [0.5, 0.6) is 11.5 Å². The van der Waals surface area contributed by atoms with Gasteiger partial charge in [-0.25, -0.2) is 4.79 Å². The Labute approximate surface area is 189 Å². The van der Waals surface area contributed by atoms with Crippen molar-refractivity contribution in [2.45, 2.75) is 51.7 Å². The first kappa shape index (κ1) is 21.9. The molecule has 166 valence electrons. The summed E-state index contributed by atoms with van der Waals surface area (Å²) < 4.78 is 6.29. The van der Waals surface area contributed by atoms with Gasteiger partial charge in [-0.3, -0.25) is 0 Å². The van der Waals surface area contributed by atoms with Crippen molar-refractivity contribution in [3.63, 3.8) is 0 Å². The molecule has 0 saturated carbocycles. The standard InChI is InChI=1S/C27H29NO4/c1-3-11-20-17-22-23(18-13-7-5-8-14-18)28-32-26(22)21(12-4-2)24(20)31-25(27(29)30)19-15-9-6-10-16-19/h5-10,13-17,23,25,28H,3-4,11-12H2,1-2H3,(H,29,30). The van der Waals surface area contributed by atoms with Crippen molar-refractivity contribution in [3.8, 4) is 11.5 Å². The average molecular weight is 432 g/mol. The molecule has 3 aromatic rings. The van der Waals surface area contributed by atoms with Crippen LogP contribution in [0, 0.1) is 0 Å². The van der Waals surface area contributed by atoms with Crippen LogP contribution in [0.2, 0.25) is 0 Å². The number of benzene rings is 3. The molecule has 1 aliphatic heterocycles. The van der Waals surface area contributed by atoms with Gasteiger partial charge in [0.2, 0.25) is 6.10 Å². The maximum absolute atomic E-state index is 12.1. The van der Waals surface area contributed by atoms with E-state index in [2.05, 4.69) is 37.5 Å². The molecule has 3 aromatic carbocycles. The minimum absolute atomic E-state index is 0.0733. The molecule has 0 bridgehead atoms. The summed E-state index contributed by atoms with van der Waals surface area (Å²) in [5.41, 5.74) is 7.93. The molecule has 0 spiro atoms. The van der Waals surface area contributed by atoms with Gasteiger partial charge in [0, 0.05) is 16.7 Å². The van der Waals surface area contributed by atoms with Crippen LogP contribution in [-0.2, 0) is 17.6 Å². The third-order valence-corrected chi connectivity index (χ3v) is 5.74. The van der Waals surface area contributed by atoms with Crippen molar-refractivity contribution in [2.24, 2.45) is 0 Å². The van der Waals surface area contributed by atoms with Gasteiger partial charge in [-0.2, -0.15) is 0 Å². The SMILES string of the molecule is CCCc1cc2c(c(CCC)c1OC(C(=O)O)c1ccccc1)ONC2c1ccccc1.